The number of carbonyl (C=O) groups excluding carboxylic acids is 2. The van der Waals surface area contributed by atoms with E-state index in [9.17, 15) is 14.7 Å². The number of rotatable bonds is 10. The van der Waals surface area contributed by atoms with Gasteiger partial charge in [-0.25, -0.2) is 4.68 Å². The zero-order chi connectivity index (χ0) is 25.0. The third-order valence-electron chi connectivity index (χ3n) is 5.35. The third-order valence-corrected chi connectivity index (χ3v) is 5.35. The molecule has 2 heterocycles. The van der Waals surface area contributed by atoms with Gasteiger partial charge in [0, 0.05) is 11.6 Å². The van der Waals surface area contributed by atoms with Gasteiger partial charge in [-0.05, 0) is 39.2 Å². The first-order chi connectivity index (χ1) is 16.0. The number of hydrogen-bond donors (Lipinski definition) is 4. The number of aliphatic hydroxyl groups is 1. The molecule has 2 aromatic heterocycles. The zero-order valence-electron chi connectivity index (χ0n) is 19.6. The molecule has 0 atom stereocenters. The Kier molecular flexibility index (Phi) is 7.21. The maximum Gasteiger partial charge on any atom is 0.254 e. The molecule has 0 spiro atoms. The normalized spacial score (nSPS) is 11.4. The van der Waals surface area contributed by atoms with Crippen LogP contribution in [0.4, 0.5) is 11.7 Å². The highest BCUT2D eigenvalue weighted by atomic mass is 16.5. The Hall–Kier alpha value is -3.92. The summed E-state index contributed by atoms with van der Waals surface area (Å²) in [5, 5.41) is 20.8. The number of nitrogen functional groups attached to an aromatic ring is 1. The number of aromatic nitrogens is 3. The minimum atomic E-state index is -0.824. The van der Waals surface area contributed by atoms with Gasteiger partial charge in [0.2, 0.25) is 11.8 Å². The van der Waals surface area contributed by atoms with Gasteiger partial charge >= 0.3 is 0 Å². The van der Waals surface area contributed by atoms with Gasteiger partial charge in [-0.2, -0.15) is 5.10 Å². The van der Waals surface area contributed by atoms with Crippen LogP contribution in [-0.4, -0.2) is 38.5 Å². The molecule has 180 valence electrons. The third kappa shape index (κ3) is 5.52. The molecule has 0 fully saturated rings. The predicted molar refractivity (Wildman–Crippen MR) is 129 cm³/mol. The summed E-state index contributed by atoms with van der Waals surface area (Å²) in [6.45, 7) is 9.05. The van der Waals surface area contributed by atoms with Crippen molar-refractivity contribution >= 4 is 23.5 Å². The van der Waals surface area contributed by atoms with Gasteiger partial charge in [0.1, 0.15) is 17.1 Å². The number of nitrogens with one attached hydrogen (secondary N) is 1. The van der Waals surface area contributed by atoms with Gasteiger partial charge in [-0.15, -0.1) is 6.58 Å². The molecule has 0 bridgehead atoms. The molecule has 1 aromatic carbocycles. The molecule has 0 unspecified atom stereocenters. The van der Waals surface area contributed by atoms with Crippen LogP contribution in [0.25, 0.3) is 11.3 Å². The molecule has 0 aliphatic heterocycles. The number of nitrogens with two attached hydrogens (primary N) is 2. The van der Waals surface area contributed by atoms with E-state index in [0.717, 1.165) is 23.3 Å². The van der Waals surface area contributed by atoms with Crippen LogP contribution in [0.2, 0.25) is 0 Å². The Labute approximate surface area is 197 Å². The molecule has 0 saturated carbocycles. The van der Waals surface area contributed by atoms with Crippen LogP contribution in [0.15, 0.2) is 47.0 Å². The van der Waals surface area contributed by atoms with Gasteiger partial charge in [-0.3, -0.25) is 14.9 Å². The van der Waals surface area contributed by atoms with Crippen molar-refractivity contribution in [3.8, 4) is 11.3 Å². The van der Waals surface area contributed by atoms with Gasteiger partial charge < -0.3 is 21.1 Å². The minimum Gasteiger partial charge on any atom is -0.394 e. The number of primary amides is 1. The molecule has 34 heavy (non-hydrogen) atoms. The molecular weight excluding hydrogens is 436 g/mol. The first-order valence-corrected chi connectivity index (χ1v) is 10.8. The highest BCUT2D eigenvalue weighted by Crippen LogP contribution is 2.31. The number of nitrogens with zero attached hydrogens (tertiary/aromatic N) is 3. The maximum absolute atomic E-state index is 12.4. The topological polar surface area (TPSA) is 162 Å². The van der Waals surface area contributed by atoms with Gasteiger partial charge in [0.15, 0.2) is 0 Å². The second kappa shape index (κ2) is 9.92. The monoisotopic (exact) mass is 466 g/mol. The van der Waals surface area contributed by atoms with Crippen LogP contribution in [0.1, 0.15) is 48.8 Å². The van der Waals surface area contributed by atoms with Crippen LogP contribution in [-0.2, 0) is 23.2 Å². The summed E-state index contributed by atoms with van der Waals surface area (Å²) in [4.78, 5) is 24.5. The van der Waals surface area contributed by atoms with Crippen molar-refractivity contribution in [2.75, 3.05) is 17.7 Å². The Bertz CT molecular complexity index is 1210. The fourth-order valence-electron chi connectivity index (χ4n) is 3.38. The summed E-state index contributed by atoms with van der Waals surface area (Å²) in [5.74, 6) is -0.603. The van der Waals surface area contributed by atoms with Crippen molar-refractivity contribution in [1.29, 1.82) is 0 Å². The lowest BCUT2D eigenvalue weighted by Crippen LogP contribution is -2.32. The van der Waals surface area contributed by atoms with Gasteiger partial charge in [0.05, 0.1) is 24.3 Å². The summed E-state index contributed by atoms with van der Waals surface area (Å²) in [5.41, 5.74) is 14.4. The molecule has 0 radical (unpaired) electrons. The van der Waals surface area contributed by atoms with Crippen molar-refractivity contribution in [1.82, 2.24) is 14.9 Å². The quantitative estimate of drug-likeness (QED) is 0.334. The maximum atomic E-state index is 12.4. The van der Waals surface area contributed by atoms with E-state index in [0.29, 0.717) is 17.7 Å². The summed E-state index contributed by atoms with van der Waals surface area (Å²) >= 11 is 0. The van der Waals surface area contributed by atoms with Crippen molar-refractivity contribution in [3.63, 3.8) is 0 Å². The average molecular weight is 467 g/mol. The second-order valence-electron chi connectivity index (χ2n) is 8.92. The minimum absolute atomic E-state index is 0.0830. The molecule has 10 nitrogen and oxygen atoms in total. The molecule has 3 aromatic rings. The highest BCUT2D eigenvalue weighted by Gasteiger charge is 2.29. The SMILES string of the molecule is C=C(C)CCc1cc(NC(=O)Cc2ccc(-c3nn(C(C)(C)CO)c(N)c3C(N)=O)cc2)on1. The first-order valence-electron chi connectivity index (χ1n) is 10.8. The van der Waals surface area contributed by atoms with E-state index >= 15 is 0 Å². The molecule has 3 rings (SSSR count). The van der Waals surface area contributed by atoms with Crippen LogP contribution >= 0.6 is 0 Å². The number of carbonyl (C=O) groups is 2. The Morgan fingerprint density at radius 1 is 1.26 bits per heavy atom. The summed E-state index contributed by atoms with van der Waals surface area (Å²) in [6, 6.07) is 8.67. The van der Waals surface area contributed by atoms with E-state index in [2.05, 4.69) is 22.2 Å². The molecule has 0 saturated heterocycles. The van der Waals surface area contributed by atoms with E-state index in [4.69, 9.17) is 16.0 Å². The summed E-state index contributed by atoms with van der Waals surface area (Å²) in [6.07, 6.45) is 1.60. The number of anilines is 2. The lowest BCUT2D eigenvalue weighted by molar-refractivity contribution is -0.115. The number of amides is 2. The fourth-order valence-corrected chi connectivity index (χ4v) is 3.38. The Morgan fingerprint density at radius 3 is 2.53 bits per heavy atom. The van der Waals surface area contributed by atoms with Crippen LogP contribution in [0.5, 0.6) is 0 Å². The van der Waals surface area contributed by atoms with E-state index in [1.807, 2.05) is 6.92 Å². The molecule has 2 amide bonds. The molecule has 6 N–H and O–H groups in total. The first kappa shape index (κ1) is 24.7. The second-order valence-corrected chi connectivity index (χ2v) is 8.92. The Balaban J connectivity index is 1.73. The smallest absolute Gasteiger partial charge is 0.254 e. The van der Waals surface area contributed by atoms with E-state index in [1.54, 1.807) is 44.2 Å². The molecular formula is C24H30N6O4. The summed E-state index contributed by atoms with van der Waals surface area (Å²) in [7, 11) is 0. The van der Waals surface area contributed by atoms with E-state index in [-0.39, 0.29) is 36.2 Å². The number of allylic oxidation sites excluding steroid dienone is 1. The largest absolute Gasteiger partial charge is 0.394 e. The lowest BCUT2D eigenvalue weighted by Gasteiger charge is -2.23. The fraction of sp³-hybridized carbons (Fsp3) is 0.333. The molecule has 0 aliphatic carbocycles. The standard InChI is InChI=1S/C24H30N6O4/c1-14(2)5-10-17-12-19(34-29-17)27-18(32)11-15-6-8-16(9-7-15)21-20(23(26)33)22(25)30(28-21)24(3,4)13-31/h6-9,12,31H,1,5,10-11,13,25H2,2-4H3,(H2,26,33)(H,27,32). The van der Waals surface area contributed by atoms with Crippen molar-refractivity contribution in [2.45, 2.75) is 45.6 Å². The zero-order valence-corrected chi connectivity index (χ0v) is 19.6. The summed E-state index contributed by atoms with van der Waals surface area (Å²) < 4.78 is 6.57. The number of benzene rings is 1. The highest BCUT2D eigenvalue weighted by molar-refractivity contribution is 6.03. The van der Waals surface area contributed by atoms with Crippen molar-refractivity contribution in [3.05, 3.63) is 59.3 Å². The van der Waals surface area contributed by atoms with Gasteiger partial charge in [-0.1, -0.05) is 35.0 Å². The van der Waals surface area contributed by atoms with E-state index in [1.165, 1.54) is 4.68 Å². The van der Waals surface area contributed by atoms with Crippen LogP contribution in [0, 0.1) is 0 Å². The number of aliphatic hydroxyl groups excluding tert-OH is 1. The van der Waals surface area contributed by atoms with Gasteiger partial charge in [0.25, 0.3) is 5.91 Å². The van der Waals surface area contributed by atoms with Crippen molar-refractivity contribution < 1.29 is 19.2 Å². The number of hydrogen-bond acceptors (Lipinski definition) is 7. The average Bonchev–Trinajstić information content (AvgIpc) is 3.37. The number of aryl methyl sites for hydroxylation is 1. The lowest BCUT2D eigenvalue weighted by atomic mass is 10.0. The van der Waals surface area contributed by atoms with Crippen LogP contribution < -0.4 is 16.8 Å². The van der Waals surface area contributed by atoms with E-state index < -0.39 is 11.4 Å². The molecule has 0 aliphatic rings. The predicted octanol–water partition coefficient (Wildman–Crippen LogP) is 2.64. The molecule has 10 heteroatoms. The van der Waals surface area contributed by atoms with Crippen molar-refractivity contribution in [2.24, 2.45) is 5.73 Å². The Morgan fingerprint density at radius 2 is 1.94 bits per heavy atom. The van der Waals surface area contributed by atoms with Crippen LogP contribution in [0.3, 0.4) is 0 Å².